The number of thiophene rings is 1. The molecular weight excluding hydrogens is 196 g/mol. The Kier molecular flexibility index (Phi) is 2.87. The van der Waals surface area contributed by atoms with Crippen LogP contribution in [-0.4, -0.2) is 11.1 Å². The predicted molar refractivity (Wildman–Crippen MR) is 57.1 cm³/mol. The van der Waals surface area contributed by atoms with Crippen LogP contribution in [0, 0.1) is 0 Å². The molecule has 1 aromatic heterocycles. The maximum atomic E-state index is 10.7. The van der Waals surface area contributed by atoms with E-state index >= 15 is 0 Å². The Balaban J connectivity index is 2.11. The Morgan fingerprint density at radius 1 is 1.36 bits per heavy atom. The van der Waals surface area contributed by atoms with E-state index in [2.05, 4.69) is 0 Å². The third-order valence-corrected chi connectivity index (χ3v) is 3.97. The van der Waals surface area contributed by atoms with E-state index in [9.17, 15) is 4.79 Å². The molecule has 0 aromatic carbocycles. The summed E-state index contributed by atoms with van der Waals surface area (Å²) in [5.41, 5.74) is 0.454. The molecule has 1 aromatic rings. The first kappa shape index (κ1) is 9.71. The summed E-state index contributed by atoms with van der Waals surface area (Å²) in [6, 6.07) is 1.85. The molecule has 0 atom stereocenters. The van der Waals surface area contributed by atoms with Crippen LogP contribution in [-0.2, 0) is 0 Å². The number of hydrogen-bond donors (Lipinski definition) is 1. The normalized spacial score (nSPS) is 18.3. The van der Waals surface area contributed by atoms with Gasteiger partial charge in [-0.05, 0) is 24.8 Å². The van der Waals surface area contributed by atoms with Crippen LogP contribution in [0.15, 0.2) is 11.4 Å². The Bertz CT molecular complexity index is 324. The van der Waals surface area contributed by atoms with Gasteiger partial charge in [0.15, 0.2) is 0 Å². The van der Waals surface area contributed by atoms with Crippen LogP contribution in [0.2, 0.25) is 0 Å². The molecule has 1 fully saturated rings. The van der Waals surface area contributed by atoms with E-state index < -0.39 is 5.97 Å². The summed E-state index contributed by atoms with van der Waals surface area (Å²) in [4.78, 5) is 12.0. The number of carbonyl (C=O) groups is 1. The first-order chi connectivity index (χ1) is 6.77. The van der Waals surface area contributed by atoms with Gasteiger partial charge in [-0.3, -0.25) is 0 Å². The maximum Gasteiger partial charge on any atom is 0.336 e. The van der Waals surface area contributed by atoms with Crippen molar-refractivity contribution in [3.63, 3.8) is 0 Å². The summed E-state index contributed by atoms with van der Waals surface area (Å²) in [5, 5.41) is 10.6. The number of hydrogen-bond acceptors (Lipinski definition) is 2. The van der Waals surface area contributed by atoms with E-state index in [0.29, 0.717) is 11.5 Å². The van der Waals surface area contributed by atoms with Crippen LogP contribution in [0.1, 0.15) is 53.3 Å². The van der Waals surface area contributed by atoms with E-state index in [1.165, 1.54) is 37.0 Å². The monoisotopic (exact) mass is 210 g/mol. The van der Waals surface area contributed by atoms with E-state index in [1.54, 1.807) is 16.7 Å². The van der Waals surface area contributed by atoms with Crippen molar-refractivity contribution in [2.45, 2.75) is 38.0 Å². The van der Waals surface area contributed by atoms with Crippen LogP contribution in [0.3, 0.4) is 0 Å². The highest BCUT2D eigenvalue weighted by molar-refractivity contribution is 7.10. The van der Waals surface area contributed by atoms with Crippen LogP contribution in [0.5, 0.6) is 0 Å². The van der Waals surface area contributed by atoms with Gasteiger partial charge in [0.2, 0.25) is 0 Å². The summed E-state index contributed by atoms with van der Waals surface area (Å²) in [6.07, 6.45) is 6.41. The Morgan fingerprint density at radius 2 is 2.07 bits per heavy atom. The van der Waals surface area contributed by atoms with Gasteiger partial charge in [0, 0.05) is 10.3 Å². The maximum absolute atomic E-state index is 10.7. The van der Waals surface area contributed by atoms with Gasteiger partial charge in [-0.25, -0.2) is 4.79 Å². The van der Waals surface area contributed by atoms with Crippen molar-refractivity contribution in [1.82, 2.24) is 0 Å². The molecule has 2 nitrogen and oxygen atoms in total. The number of carboxylic acids is 1. The van der Waals surface area contributed by atoms with Crippen LogP contribution in [0.4, 0.5) is 0 Å². The highest BCUT2D eigenvalue weighted by Gasteiger charge is 2.18. The van der Waals surface area contributed by atoms with Gasteiger partial charge in [-0.15, -0.1) is 11.3 Å². The number of carboxylic acid groups (broad SMARTS) is 1. The van der Waals surface area contributed by atoms with Crippen LogP contribution in [0.25, 0.3) is 0 Å². The van der Waals surface area contributed by atoms with Crippen molar-refractivity contribution in [2.75, 3.05) is 0 Å². The summed E-state index contributed by atoms with van der Waals surface area (Å²) in [7, 11) is 0. The molecule has 0 amide bonds. The summed E-state index contributed by atoms with van der Waals surface area (Å²) in [5.74, 6) is -0.176. The second-order valence-corrected chi connectivity index (χ2v) is 4.82. The van der Waals surface area contributed by atoms with Crippen molar-refractivity contribution >= 4 is 17.3 Å². The lowest BCUT2D eigenvalue weighted by Gasteiger charge is -2.19. The van der Waals surface area contributed by atoms with Crippen LogP contribution >= 0.6 is 11.3 Å². The van der Waals surface area contributed by atoms with E-state index in [0.717, 1.165) is 0 Å². The zero-order chi connectivity index (χ0) is 9.97. The zero-order valence-electron chi connectivity index (χ0n) is 8.03. The molecule has 1 N–H and O–H groups in total. The molecule has 3 heteroatoms. The van der Waals surface area contributed by atoms with Crippen molar-refractivity contribution in [3.8, 4) is 0 Å². The largest absolute Gasteiger partial charge is 0.478 e. The minimum atomic E-state index is -0.802. The molecule has 0 saturated heterocycles. The SMILES string of the molecule is O=C(O)c1csc(C2CCCCC2)c1. The molecular formula is C11H14O2S. The lowest BCUT2D eigenvalue weighted by Crippen LogP contribution is -2.02. The minimum absolute atomic E-state index is 0.454. The second kappa shape index (κ2) is 4.13. The third-order valence-electron chi connectivity index (χ3n) is 2.87. The molecule has 0 bridgehead atoms. The fraction of sp³-hybridized carbons (Fsp3) is 0.545. The first-order valence-corrected chi connectivity index (χ1v) is 5.97. The van der Waals surface area contributed by atoms with Gasteiger partial charge in [0.1, 0.15) is 0 Å². The van der Waals surface area contributed by atoms with Crippen LogP contribution < -0.4 is 0 Å². The van der Waals surface area contributed by atoms with Crippen molar-refractivity contribution in [3.05, 3.63) is 21.9 Å². The summed E-state index contributed by atoms with van der Waals surface area (Å²) in [6.45, 7) is 0. The molecule has 1 heterocycles. The van der Waals surface area contributed by atoms with Crippen molar-refractivity contribution in [1.29, 1.82) is 0 Å². The molecule has 1 aliphatic carbocycles. The minimum Gasteiger partial charge on any atom is -0.478 e. The topological polar surface area (TPSA) is 37.3 Å². The molecule has 1 aliphatic rings. The van der Waals surface area contributed by atoms with Gasteiger partial charge in [-0.2, -0.15) is 0 Å². The predicted octanol–water partition coefficient (Wildman–Crippen LogP) is 3.49. The summed E-state index contributed by atoms with van der Waals surface area (Å²) < 4.78 is 0. The fourth-order valence-corrected chi connectivity index (χ4v) is 3.12. The zero-order valence-corrected chi connectivity index (χ0v) is 8.85. The number of rotatable bonds is 2. The van der Waals surface area contributed by atoms with Crippen molar-refractivity contribution < 1.29 is 9.90 Å². The summed E-state index contributed by atoms with van der Waals surface area (Å²) >= 11 is 1.60. The van der Waals surface area contributed by atoms with Crippen molar-refractivity contribution in [2.24, 2.45) is 0 Å². The van der Waals surface area contributed by atoms with E-state index in [1.807, 2.05) is 6.07 Å². The van der Waals surface area contributed by atoms with E-state index in [4.69, 9.17) is 5.11 Å². The highest BCUT2D eigenvalue weighted by atomic mass is 32.1. The fourth-order valence-electron chi connectivity index (χ4n) is 2.07. The Morgan fingerprint density at radius 3 is 2.64 bits per heavy atom. The lowest BCUT2D eigenvalue weighted by molar-refractivity contribution is 0.0697. The van der Waals surface area contributed by atoms with Gasteiger partial charge < -0.3 is 5.11 Å². The molecule has 2 rings (SSSR count). The average molecular weight is 210 g/mol. The van der Waals surface area contributed by atoms with Gasteiger partial charge in [-0.1, -0.05) is 19.3 Å². The Labute approximate surface area is 87.6 Å². The quantitative estimate of drug-likeness (QED) is 0.811. The molecule has 14 heavy (non-hydrogen) atoms. The third kappa shape index (κ3) is 1.98. The lowest BCUT2D eigenvalue weighted by atomic mass is 9.88. The smallest absolute Gasteiger partial charge is 0.336 e. The molecule has 1 saturated carbocycles. The average Bonchev–Trinajstić information content (AvgIpc) is 2.68. The molecule has 0 unspecified atom stereocenters. The van der Waals surface area contributed by atoms with Gasteiger partial charge in [0.05, 0.1) is 5.56 Å². The molecule has 76 valence electrons. The van der Waals surface area contributed by atoms with Gasteiger partial charge >= 0.3 is 5.97 Å². The first-order valence-electron chi connectivity index (χ1n) is 5.09. The molecule has 0 radical (unpaired) electrons. The van der Waals surface area contributed by atoms with Gasteiger partial charge in [0.25, 0.3) is 0 Å². The second-order valence-electron chi connectivity index (χ2n) is 3.88. The number of aromatic carboxylic acids is 1. The molecule has 0 spiro atoms. The Hall–Kier alpha value is -0.830. The highest BCUT2D eigenvalue weighted by Crippen LogP contribution is 2.35. The van der Waals surface area contributed by atoms with E-state index in [-0.39, 0.29) is 0 Å². The molecule has 0 aliphatic heterocycles. The standard InChI is InChI=1S/C11H14O2S/c12-11(13)9-6-10(14-7-9)8-4-2-1-3-5-8/h6-8H,1-5H2,(H,12,13).